The molecule has 1 aliphatic rings. The summed E-state index contributed by atoms with van der Waals surface area (Å²) >= 11 is 0. The van der Waals surface area contributed by atoms with E-state index in [4.69, 9.17) is 0 Å². The van der Waals surface area contributed by atoms with Crippen LogP contribution < -0.4 is 5.32 Å². The van der Waals surface area contributed by atoms with Crippen molar-refractivity contribution in [3.63, 3.8) is 0 Å². The second-order valence-corrected chi connectivity index (χ2v) is 5.16. The lowest BCUT2D eigenvalue weighted by Gasteiger charge is -2.42. The highest BCUT2D eigenvalue weighted by Gasteiger charge is 2.28. The monoisotopic (exact) mass is 246 g/mol. The summed E-state index contributed by atoms with van der Waals surface area (Å²) in [6, 6.07) is 10.5. The van der Waals surface area contributed by atoms with Gasteiger partial charge in [-0.1, -0.05) is 45.0 Å². The molecule has 1 atom stereocenters. The molecule has 100 valence electrons. The van der Waals surface area contributed by atoms with Crippen molar-refractivity contribution in [3.8, 4) is 0 Å². The number of hydrogen-bond acceptors (Lipinski definition) is 2. The molecule has 1 N–H and O–H groups in total. The van der Waals surface area contributed by atoms with Gasteiger partial charge < -0.3 is 5.32 Å². The summed E-state index contributed by atoms with van der Waals surface area (Å²) in [4.78, 5) is 2.65. The van der Waals surface area contributed by atoms with E-state index in [1.54, 1.807) is 0 Å². The summed E-state index contributed by atoms with van der Waals surface area (Å²) < 4.78 is 0. The Labute approximate surface area is 111 Å². The van der Waals surface area contributed by atoms with Gasteiger partial charge in [-0.15, -0.1) is 0 Å². The van der Waals surface area contributed by atoms with E-state index in [0.29, 0.717) is 6.04 Å². The first-order valence-corrected chi connectivity index (χ1v) is 7.35. The molecule has 1 aromatic carbocycles. The van der Waals surface area contributed by atoms with Gasteiger partial charge >= 0.3 is 0 Å². The summed E-state index contributed by atoms with van der Waals surface area (Å²) in [6.07, 6.45) is 2.32. The van der Waals surface area contributed by atoms with Crippen LogP contribution in [0.3, 0.4) is 0 Å². The zero-order chi connectivity index (χ0) is 13.0. The number of nitrogens with zero attached hydrogens (tertiary/aromatic N) is 1. The van der Waals surface area contributed by atoms with Crippen LogP contribution in [0, 0.1) is 0 Å². The van der Waals surface area contributed by atoms with Crippen LogP contribution in [0.25, 0.3) is 0 Å². The molecule has 0 aromatic heterocycles. The summed E-state index contributed by atoms with van der Waals surface area (Å²) in [5, 5.41) is 3.38. The van der Waals surface area contributed by atoms with Gasteiger partial charge in [0.2, 0.25) is 0 Å². The van der Waals surface area contributed by atoms with Gasteiger partial charge in [0.05, 0.1) is 0 Å². The quantitative estimate of drug-likeness (QED) is 0.830. The highest BCUT2D eigenvalue weighted by molar-refractivity contribution is 5.25. The van der Waals surface area contributed by atoms with Gasteiger partial charge in [-0.05, 0) is 30.5 Å². The van der Waals surface area contributed by atoms with E-state index < -0.39 is 0 Å². The normalized spacial score (nSPS) is 17.8. The lowest BCUT2D eigenvalue weighted by Crippen LogP contribution is -2.57. The van der Waals surface area contributed by atoms with E-state index >= 15 is 0 Å². The number of aryl methyl sites for hydroxylation is 1. The third-order valence-corrected chi connectivity index (χ3v) is 4.15. The molecule has 2 rings (SSSR count). The van der Waals surface area contributed by atoms with Crippen LogP contribution in [0.5, 0.6) is 0 Å². The Morgan fingerprint density at radius 2 is 1.83 bits per heavy atom. The molecule has 0 aliphatic carbocycles. The number of hydrogen-bond donors (Lipinski definition) is 1. The van der Waals surface area contributed by atoms with Crippen molar-refractivity contribution < 1.29 is 0 Å². The fraction of sp³-hybridized carbons (Fsp3) is 0.625. The maximum Gasteiger partial charge on any atom is 0.0351 e. The van der Waals surface area contributed by atoms with Crippen molar-refractivity contribution in [2.24, 2.45) is 0 Å². The highest BCUT2D eigenvalue weighted by Crippen LogP contribution is 2.27. The van der Waals surface area contributed by atoms with Crippen molar-refractivity contribution in [3.05, 3.63) is 35.4 Å². The molecule has 2 nitrogen and oxygen atoms in total. The molecule has 2 heteroatoms. The van der Waals surface area contributed by atoms with E-state index in [9.17, 15) is 0 Å². The Morgan fingerprint density at radius 1 is 1.17 bits per heavy atom. The number of likely N-dealkylation sites (N-methyl/N-ethyl adjacent to an activating group) is 1. The molecule has 0 radical (unpaired) electrons. The highest BCUT2D eigenvalue weighted by atomic mass is 15.2. The molecule has 1 aromatic rings. The average molecular weight is 246 g/mol. The Balaban J connectivity index is 2.14. The van der Waals surface area contributed by atoms with Crippen molar-refractivity contribution in [2.75, 3.05) is 19.6 Å². The lowest BCUT2D eigenvalue weighted by atomic mass is 9.97. The zero-order valence-corrected chi connectivity index (χ0v) is 11.9. The maximum absolute atomic E-state index is 3.38. The van der Waals surface area contributed by atoms with Crippen LogP contribution in [0.1, 0.15) is 44.4 Å². The van der Waals surface area contributed by atoms with E-state index in [-0.39, 0.29) is 0 Å². The molecular formula is C16H26N2. The lowest BCUT2D eigenvalue weighted by molar-refractivity contribution is 0.0981. The van der Waals surface area contributed by atoms with Crippen LogP contribution in [0.2, 0.25) is 0 Å². The van der Waals surface area contributed by atoms with E-state index in [1.165, 1.54) is 17.5 Å². The number of nitrogens with one attached hydrogen (secondary N) is 1. The third kappa shape index (κ3) is 2.76. The Morgan fingerprint density at radius 3 is 2.22 bits per heavy atom. The second kappa shape index (κ2) is 6.35. The van der Waals surface area contributed by atoms with Crippen LogP contribution >= 0.6 is 0 Å². The first-order chi connectivity index (χ1) is 8.80. The molecule has 0 saturated carbocycles. The number of rotatable bonds is 6. The van der Waals surface area contributed by atoms with E-state index in [0.717, 1.165) is 32.1 Å². The minimum absolute atomic E-state index is 0.577. The van der Waals surface area contributed by atoms with Crippen molar-refractivity contribution in [1.29, 1.82) is 0 Å². The van der Waals surface area contributed by atoms with Gasteiger partial charge in [0.25, 0.3) is 0 Å². The standard InChI is InChI=1S/C16H26N2/c1-4-13-7-9-14(10-8-13)16(5-2)18(6-3)15-11-17-12-15/h7-10,15-17H,4-6,11-12H2,1-3H3. The van der Waals surface area contributed by atoms with Gasteiger partial charge in [0.15, 0.2) is 0 Å². The summed E-state index contributed by atoms with van der Waals surface area (Å²) in [5.74, 6) is 0. The maximum atomic E-state index is 3.38. The third-order valence-electron chi connectivity index (χ3n) is 4.15. The van der Waals surface area contributed by atoms with Gasteiger partial charge in [-0.2, -0.15) is 0 Å². The van der Waals surface area contributed by atoms with E-state index in [2.05, 4.69) is 55.3 Å². The first-order valence-electron chi connectivity index (χ1n) is 7.35. The van der Waals surface area contributed by atoms with Gasteiger partial charge in [0, 0.05) is 25.2 Å². The van der Waals surface area contributed by atoms with Gasteiger partial charge in [-0.3, -0.25) is 4.90 Å². The topological polar surface area (TPSA) is 15.3 Å². The average Bonchev–Trinajstić information content (AvgIpc) is 2.37. The van der Waals surface area contributed by atoms with Crippen LogP contribution in [0.15, 0.2) is 24.3 Å². The van der Waals surface area contributed by atoms with Gasteiger partial charge in [0.1, 0.15) is 0 Å². The van der Waals surface area contributed by atoms with Crippen molar-refractivity contribution in [1.82, 2.24) is 10.2 Å². The predicted molar refractivity (Wildman–Crippen MR) is 77.9 cm³/mol. The summed E-state index contributed by atoms with van der Waals surface area (Å²) in [6.45, 7) is 10.2. The van der Waals surface area contributed by atoms with E-state index in [1.807, 2.05) is 0 Å². The summed E-state index contributed by atoms with van der Waals surface area (Å²) in [5.41, 5.74) is 2.91. The second-order valence-electron chi connectivity index (χ2n) is 5.16. The Hall–Kier alpha value is -0.860. The molecule has 0 spiro atoms. The molecule has 0 amide bonds. The minimum atomic E-state index is 0.577. The zero-order valence-electron chi connectivity index (χ0n) is 11.9. The fourth-order valence-electron chi connectivity index (χ4n) is 2.88. The van der Waals surface area contributed by atoms with Crippen molar-refractivity contribution in [2.45, 2.75) is 45.7 Å². The smallest absolute Gasteiger partial charge is 0.0351 e. The predicted octanol–water partition coefficient (Wildman–Crippen LogP) is 2.99. The fourth-order valence-corrected chi connectivity index (χ4v) is 2.88. The Kier molecular flexibility index (Phi) is 4.79. The molecular weight excluding hydrogens is 220 g/mol. The SMILES string of the molecule is CCc1ccc(C(CC)N(CC)C2CNC2)cc1. The Bertz CT molecular complexity index is 354. The number of benzene rings is 1. The molecule has 0 bridgehead atoms. The minimum Gasteiger partial charge on any atom is -0.314 e. The molecule has 18 heavy (non-hydrogen) atoms. The largest absolute Gasteiger partial charge is 0.314 e. The molecule has 1 heterocycles. The van der Waals surface area contributed by atoms with Crippen LogP contribution in [-0.2, 0) is 6.42 Å². The van der Waals surface area contributed by atoms with Crippen LogP contribution in [-0.4, -0.2) is 30.6 Å². The molecule has 1 fully saturated rings. The molecule has 1 aliphatic heterocycles. The molecule has 1 saturated heterocycles. The summed E-state index contributed by atoms with van der Waals surface area (Å²) in [7, 11) is 0. The molecule has 1 unspecified atom stereocenters. The van der Waals surface area contributed by atoms with Gasteiger partial charge in [-0.25, -0.2) is 0 Å². The first kappa shape index (κ1) is 13.6. The van der Waals surface area contributed by atoms with Crippen molar-refractivity contribution >= 4 is 0 Å². The van der Waals surface area contributed by atoms with Crippen LogP contribution in [0.4, 0.5) is 0 Å².